The maximum atomic E-state index is 14.1. The zero-order chi connectivity index (χ0) is 18.9. The molecule has 3 aromatic rings. The van der Waals surface area contributed by atoms with Gasteiger partial charge >= 0.3 is 6.18 Å². The summed E-state index contributed by atoms with van der Waals surface area (Å²) in [5.74, 6) is 0. The van der Waals surface area contributed by atoms with Crippen LogP contribution in [0.25, 0.3) is 0 Å². The Hall–Kier alpha value is -3.08. The molecule has 0 saturated heterocycles. The SMILES string of the molecule is FC(F)(F)[C@]1(c2ccccc2)C=Nc2ccc(Nc3ccccc3)cc2C1. The van der Waals surface area contributed by atoms with Crippen LogP contribution in [-0.2, 0) is 11.8 Å². The van der Waals surface area contributed by atoms with Gasteiger partial charge < -0.3 is 5.32 Å². The fourth-order valence-electron chi connectivity index (χ4n) is 3.39. The molecule has 0 aliphatic carbocycles. The van der Waals surface area contributed by atoms with Crippen molar-refractivity contribution < 1.29 is 13.2 Å². The Kier molecular flexibility index (Phi) is 4.22. The molecule has 0 bridgehead atoms. The predicted molar refractivity (Wildman–Crippen MR) is 102 cm³/mol. The molecule has 1 aliphatic rings. The van der Waals surface area contributed by atoms with Crippen LogP contribution < -0.4 is 5.32 Å². The molecule has 1 N–H and O–H groups in total. The fraction of sp³-hybridized carbons (Fsp3) is 0.136. The lowest BCUT2D eigenvalue weighted by molar-refractivity contribution is -0.168. The highest BCUT2D eigenvalue weighted by Crippen LogP contribution is 2.46. The number of hydrogen-bond donors (Lipinski definition) is 1. The third kappa shape index (κ3) is 3.21. The quantitative estimate of drug-likeness (QED) is 0.587. The Morgan fingerprint density at radius 3 is 2.15 bits per heavy atom. The van der Waals surface area contributed by atoms with Gasteiger partial charge in [-0.15, -0.1) is 0 Å². The number of alkyl halides is 3. The Labute approximate surface area is 155 Å². The van der Waals surface area contributed by atoms with Crippen LogP contribution in [0.3, 0.4) is 0 Å². The number of para-hydroxylation sites is 1. The van der Waals surface area contributed by atoms with Crippen LogP contribution in [0.5, 0.6) is 0 Å². The molecule has 0 unspecified atom stereocenters. The van der Waals surface area contributed by atoms with Crippen molar-refractivity contribution in [1.29, 1.82) is 0 Å². The summed E-state index contributed by atoms with van der Waals surface area (Å²) in [5, 5.41) is 3.23. The molecular formula is C22H17F3N2. The molecule has 1 heterocycles. The summed E-state index contributed by atoms with van der Waals surface area (Å²) in [6.45, 7) is 0. The van der Waals surface area contributed by atoms with E-state index in [1.165, 1.54) is 12.1 Å². The zero-order valence-electron chi connectivity index (χ0n) is 14.4. The fourth-order valence-corrected chi connectivity index (χ4v) is 3.39. The number of fused-ring (bicyclic) bond motifs is 1. The highest BCUT2D eigenvalue weighted by molar-refractivity contribution is 5.82. The van der Waals surface area contributed by atoms with Gasteiger partial charge in [0.15, 0.2) is 0 Å². The smallest absolute Gasteiger partial charge is 0.356 e. The summed E-state index contributed by atoms with van der Waals surface area (Å²) in [7, 11) is 0. The Bertz CT molecular complexity index is 966. The first-order chi connectivity index (χ1) is 13.0. The number of rotatable bonds is 3. The molecule has 1 atom stereocenters. The minimum atomic E-state index is -4.45. The topological polar surface area (TPSA) is 24.4 Å². The highest BCUT2D eigenvalue weighted by Gasteiger charge is 2.56. The number of nitrogens with zero attached hydrogens (tertiary/aromatic N) is 1. The Morgan fingerprint density at radius 1 is 0.815 bits per heavy atom. The summed E-state index contributed by atoms with van der Waals surface area (Å²) in [4.78, 5) is 4.16. The van der Waals surface area contributed by atoms with Crippen LogP contribution in [0.2, 0.25) is 0 Å². The van der Waals surface area contributed by atoms with E-state index in [0.717, 1.165) is 17.6 Å². The van der Waals surface area contributed by atoms with Crippen LogP contribution in [0.1, 0.15) is 11.1 Å². The van der Waals surface area contributed by atoms with Crippen molar-refractivity contribution in [2.24, 2.45) is 4.99 Å². The van der Waals surface area contributed by atoms with Gasteiger partial charge in [-0.2, -0.15) is 13.2 Å². The van der Waals surface area contributed by atoms with Crippen molar-refractivity contribution in [2.45, 2.75) is 18.0 Å². The minimum absolute atomic E-state index is 0.177. The van der Waals surface area contributed by atoms with E-state index >= 15 is 0 Å². The second-order valence-corrected chi connectivity index (χ2v) is 6.60. The van der Waals surface area contributed by atoms with Gasteiger partial charge in [0, 0.05) is 17.6 Å². The first kappa shape index (κ1) is 17.3. The summed E-state index contributed by atoms with van der Waals surface area (Å²) in [6.07, 6.45) is -3.57. The number of hydrogen-bond acceptors (Lipinski definition) is 2. The van der Waals surface area contributed by atoms with E-state index < -0.39 is 11.6 Å². The van der Waals surface area contributed by atoms with E-state index in [1.807, 2.05) is 36.4 Å². The van der Waals surface area contributed by atoms with E-state index in [2.05, 4.69) is 10.3 Å². The molecule has 3 aromatic carbocycles. The van der Waals surface area contributed by atoms with Gasteiger partial charge in [0.25, 0.3) is 0 Å². The third-order valence-electron chi connectivity index (χ3n) is 4.83. The molecule has 4 rings (SSSR count). The number of aliphatic imine (C=N–C) groups is 1. The normalized spacial score (nSPS) is 18.8. The lowest BCUT2D eigenvalue weighted by Crippen LogP contribution is -2.46. The maximum absolute atomic E-state index is 14.1. The monoisotopic (exact) mass is 366 g/mol. The number of halogens is 3. The molecule has 1 aliphatic heterocycles. The number of nitrogens with one attached hydrogen (secondary N) is 1. The van der Waals surface area contributed by atoms with E-state index in [0.29, 0.717) is 11.3 Å². The molecule has 0 saturated carbocycles. The van der Waals surface area contributed by atoms with Crippen LogP contribution in [0.15, 0.2) is 83.9 Å². The molecular weight excluding hydrogens is 349 g/mol. The summed E-state index contributed by atoms with van der Waals surface area (Å²) in [6, 6.07) is 22.8. The van der Waals surface area contributed by atoms with Gasteiger partial charge in [-0.1, -0.05) is 48.5 Å². The molecule has 0 spiro atoms. The molecule has 5 heteroatoms. The van der Waals surface area contributed by atoms with E-state index in [4.69, 9.17) is 0 Å². The molecule has 2 nitrogen and oxygen atoms in total. The van der Waals surface area contributed by atoms with E-state index in [1.54, 1.807) is 30.3 Å². The summed E-state index contributed by atoms with van der Waals surface area (Å²) in [5.41, 5.74) is 0.840. The lowest BCUT2D eigenvalue weighted by atomic mass is 9.74. The Morgan fingerprint density at radius 2 is 1.48 bits per heavy atom. The predicted octanol–water partition coefficient (Wildman–Crippen LogP) is 6.19. The zero-order valence-corrected chi connectivity index (χ0v) is 14.4. The van der Waals surface area contributed by atoms with Crippen LogP contribution in [0, 0.1) is 0 Å². The van der Waals surface area contributed by atoms with Gasteiger partial charge in [-0.05, 0) is 47.9 Å². The van der Waals surface area contributed by atoms with Crippen LogP contribution in [0.4, 0.5) is 30.2 Å². The first-order valence-electron chi connectivity index (χ1n) is 8.60. The van der Waals surface area contributed by atoms with Gasteiger partial charge in [-0.25, -0.2) is 0 Å². The first-order valence-corrected chi connectivity index (χ1v) is 8.60. The summed E-state index contributed by atoms with van der Waals surface area (Å²) < 4.78 is 42.4. The van der Waals surface area contributed by atoms with Crippen LogP contribution in [-0.4, -0.2) is 12.4 Å². The molecule has 0 radical (unpaired) electrons. The van der Waals surface area contributed by atoms with Crippen molar-refractivity contribution in [3.63, 3.8) is 0 Å². The molecule has 0 fully saturated rings. The molecule has 136 valence electrons. The number of anilines is 2. The lowest BCUT2D eigenvalue weighted by Gasteiger charge is -2.35. The Balaban J connectivity index is 1.73. The highest BCUT2D eigenvalue weighted by atomic mass is 19.4. The van der Waals surface area contributed by atoms with Crippen molar-refractivity contribution >= 4 is 23.3 Å². The average molecular weight is 366 g/mol. The second-order valence-electron chi connectivity index (χ2n) is 6.60. The van der Waals surface area contributed by atoms with Crippen molar-refractivity contribution in [2.75, 3.05) is 5.32 Å². The summed E-state index contributed by atoms with van der Waals surface area (Å²) >= 11 is 0. The van der Waals surface area contributed by atoms with Crippen molar-refractivity contribution in [3.05, 3.63) is 90.0 Å². The molecule has 27 heavy (non-hydrogen) atoms. The van der Waals surface area contributed by atoms with Crippen molar-refractivity contribution in [3.8, 4) is 0 Å². The minimum Gasteiger partial charge on any atom is -0.356 e. The van der Waals surface area contributed by atoms with Gasteiger partial charge in [0.2, 0.25) is 0 Å². The van der Waals surface area contributed by atoms with Gasteiger partial charge in [-0.3, -0.25) is 4.99 Å². The molecule has 0 aromatic heterocycles. The van der Waals surface area contributed by atoms with Crippen LogP contribution >= 0.6 is 0 Å². The third-order valence-corrected chi connectivity index (χ3v) is 4.83. The standard InChI is InChI=1S/C22H17F3N2/c23-22(24,25)21(17-7-3-1-4-8-17)14-16-13-19(11-12-20(16)26-15-21)27-18-9-5-2-6-10-18/h1-13,15,27H,14H2/t21-/m0/s1. The largest absolute Gasteiger partial charge is 0.403 e. The maximum Gasteiger partial charge on any atom is 0.403 e. The average Bonchev–Trinajstić information content (AvgIpc) is 2.68. The van der Waals surface area contributed by atoms with E-state index in [-0.39, 0.29) is 12.0 Å². The van der Waals surface area contributed by atoms with E-state index in [9.17, 15) is 13.2 Å². The second kappa shape index (κ2) is 6.58. The molecule has 0 amide bonds. The van der Waals surface area contributed by atoms with Gasteiger partial charge in [0.05, 0.1) is 5.69 Å². The van der Waals surface area contributed by atoms with Crippen molar-refractivity contribution in [1.82, 2.24) is 0 Å². The number of benzene rings is 3. The van der Waals surface area contributed by atoms with Gasteiger partial charge in [0.1, 0.15) is 5.41 Å².